The van der Waals surface area contributed by atoms with E-state index in [1.165, 1.54) is 11.9 Å². The highest BCUT2D eigenvalue weighted by molar-refractivity contribution is 9.10. The number of aromatic amines is 1. The SMILES string of the molecule is NCCc1ccc(Sc2ncn[nH]2)cc1Br. The van der Waals surface area contributed by atoms with Crippen LogP contribution in [0.15, 0.2) is 39.1 Å². The van der Waals surface area contributed by atoms with Crippen LogP contribution in [-0.2, 0) is 6.42 Å². The number of benzene rings is 1. The predicted octanol–water partition coefficient (Wildman–Crippen LogP) is 2.22. The number of hydrogen-bond acceptors (Lipinski definition) is 4. The molecule has 2 aromatic rings. The van der Waals surface area contributed by atoms with Gasteiger partial charge in [-0.15, -0.1) is 0 Å². The van der Waals surface area contributed by atoms with Crippen molar-refractivity contribution in [3.63, 3.8) is 0 Å². The van der Waals surface area contributed by atoms with Crippen LogP contribution in [0.5, 0.6) is 0 Å². The molecule has 0 radical (unpaired) electrons. The Morgan fingerprint density at radius 1 is 1.44 bits per heavy atom. The van der Waals surface area contributed by atoms with E-state index in [1.54, 1.807) is 11.8 Å². The first kappa shape index (κ1) is 11.6. The average molecular weight is 299 g/mol. The number of halogens is 1. The number of aromatic nitrogens is 3. The molecule has 0 aliphatic carbocycles. The van der Waals surface area contributed by atoms with Crippen LogP contribution >= 0.6 is 27.7 Å². The Morgan fingerprint density at radius 2 is 2.31 bits per heavy atom. The normalized spacial score (nSPS) is 10.6. The molecule has 0 aliphatic rings. The fraction of sp³-hybridized carbons (Fsp3) is 0.200. The Bertz CT molecular complexity index is 458. The maximum Gasteiger partial charge on any atom is 0.188 e. The molecule has 4 nitrogen and oxygen atoms in total. The highest BCUT2D eigenvalue weighted by Crippen LogP contribution is 2.28. The Hall–Kier alpha value is -0.850. The summed E-state index contributed by atoms with van der Waals surface area (Å²) in [6.45, 7) is 0.660. The van der Waals surface area contributed by atoms with Crippen molar-refractivity contribution in [1.82, 2.24) is 15.2 Å². The minimum absolute atomic E-state index is 0.660. The van der Waals surface area contributed by atoms with Gasteiger partial charge in [0, 0.05) is 9.37 Å². The Morgan fingerprint density at radius 3 is 2.94 bits per heavy atom. The topological polar surface area (TPSA) is 67.6 Å². The molecule has 3 N–H and O–H groups in total. The summed E-state index contributed by atoms with van der Waals surface area (Å²) in [5, 5.41) is 7.40. The molecule has 0 atom stereocenters. The minimum Gasteiger partial charge on any atom is -0.330 e. The van der Waals surface area contributed by atoms with Gasteiger partial charge in [-0.3, -0.25) is 5.10 Å². The smallest absolute Gasteiger partial charge is 0.188 e. The Kier molecular flexibility index (Phi) is 3.98. The summed E-state index contributed by atoms with van der Waals surface area (Å²) in [7, 11) is 0. The van der Waals surface area contributed by atoms with Crippen molar-refractivity contribution in [2.75, 3.05) is 6.54 Å². The van der Waals surface area contributed by atoms with E-state index < -0.39 is 0 Å². The molecule has 6 heteroatoms. The molecule has 0 spiro atoms. The summed E-state index contributed by atoms with van der Waals surface area (Å²) in [6.07, 6.45) is 2.38. The number of nitrogens with two attached hydrogens (primary N) is 1. The number of rotatable bonds is 4. The van der Waals surface area contributed by atoms with Crippen LogP contribution in [0.3, 0.4) is 0 Å². The fourth-order valence-corrected chi connectivity index (χ4v) is 2.77. The van der Waals surface area contributed by atoms with Crippen LogP contribution in [0.1, 0.15) is 5.56 Å². The summed E-state index contributed by atoms with van der Waals surface area (Å²) < 4.78 is 1.09. The lowest BCUT2D eigenvalue weighted by molar-refractivity contribution is 0.958. The third kappa shape index (κ3) is 2.84. The molecule has 84 valence electrons. The minimum atomic E-state index is 0.660. The zero-order valence-corrected chi connectivity index (χ0v) is 10.9. The quantitative estimate of drug-likeness (QED) is 0.908. The summed E-state index contributed by atoms with van der Waals surface area (Å²) >= 11 is 5.08. The van der Waals surface area contributed by atoms with Gasteiger partial charge in [0.1, 0.15) is 6.33 Å². The van der Waals surface area contributed by atoms with Crippen molar-refractivity contribution in [2.45, 2.75) is 16.5 Å². The van der Waals surface area contributed by atoms with Crippen molar-refractivity contribution in [3.05, 3.63) is 34.6 Å². The molecule has 16 heavy (non-hydrogen) atoms. The first-order valence-electron chi connectivity index (χ1n) is 4.81. The molecule has 0 saturated carbocycles. The summed E-state index contributed by atoms with van der Waals surface area (Å²) in [4.78, 5) is 5.18. The van der Waals surface area contributed by atoms with Gasteiger partial charge in [-0.1, -0.05) is 33.8 Å². The number of nitrogens with zero attached hydrogens (tertiary/aromatic N) is 2. The number of H-pyrrole nitrogens is 1. The van der Waals surface area contributed by atoms with Crippen molar-refractivity contribution < 1.29 is 0 Å². The fourth-order valence-electron chi connectivity index (χ4n) is 1.30. The van der Waals surface area contributed by atoms with Gasteiger partial charge in [0.2, 0.25) is 0 Å². The Labute approximate surface area is 106 Å². The standard InChI is InChI=1S/C10H11BrN4S/c11-9-5-8(2-1-7(9)3-4-12)16-10-13-6-14-15-10/h1-2,5-6H,3-4,12H2,(H,13,14,15). The third-order valence-electron chi connectivity index (χ3n) is 2.05. The molecule has 0 amide bonds. The highest BCUT2D eigenvalue weighted by atomic mass is 79.9. The van der Waals surface area contributed by atoms with E-state index in [4.69, 9.17) is 5.73 Å². The first-order chi connectivity index (χ1) is 7.79. The van der Waals surface area contributed by atoms with Crippen LogP contribution in [0.25, 0.3) is 0 Å². The Balaban J connectivity index is 2.15. The van der Waals surface area contributed by atoms with Gasteiger partial charge in [-0.25, -0.2) is 4.98 Å². The van der Waals surface area contributed by atoms with Gasteiger partial charge in [-0.2, -0.15) is 5.10 Å². The van der Waals surface area contributed by atoms with E-state index in [2.05, 4.69) is 49.3 Å². The van der Waals surface area contributed by atoms with E-state index in [-0.39, 0.29) is 0 Å². The van der Waals surface area contributed by atoms with Gasteiger partial charge < -0.3 is 5.73 Å². The van der Waals surface area contributed by atoms with Crippen LogP contribution in [0.2, 0.25) is 0 Å². The lowest BCUT2D eigenvalue weighted by Gasteiger charge is -2.04. The zero-order valence-electron chi connectivity index (χ0n) is 8.48. The lowest BCUT2D eigenvalue weighted by atomic mass is 10.1. The van der Waals surface area contributed by atoms with Crippen LogP contribution < -0.4 is 5.73 Å². The van der Waals surface area contributed by atoms with E-state index in [1.807, 2.05) is 0 Å². The second-order valence-corrected chi connectivity index (χ2v) is 5.10. The van der Waals surface area contributed by atoms with Crippen molar-refractivity contribution >= 4 is 27.7 Å². The van der Waals surface area contributed by atoms with E-state index >= 15 is 0 Å². The van der Waals surface area contributed by atoms with Crippen LogP contribution in [-0.4, -0.2) is 21.7 Å². The van der Waals surface area contributed by atoms with Crippen molar-refractivity contribution in [3.8, 4) is 0 Å². The molecular formula is C10H11BrN4S. The molecule has 0 aliphatic heterocycles. The maximum atomic E-state index is 5.53. The molecular weight excluding hydrogens is 288 g/mol. The second kappa shape index (κ2) is 5.47. The third-order valence-corrected chi connectivity index (χ3v) is 3.66. The van der Waals surface area contributed by atoms with Gasteiger partial charge in [0.25, 0.3) is 0 Å². The monoisotopic (exact) mass is 298 g/mol. The molecule has 1 aromatic heterocycles. The molecule has 0 bridgehead atoms. The average Bonchev–Trinajstić information content (AvgIpc) is 2.75. The second-order valence-electron chi connectivity index (χ2n) is 3.18. The van der Waals surface area contributed by atoms with Gasteiger partial charge in [-0.05, 0) is 30.7 Å². The largest absolute Gasteiger partial charge is 0.330 e. The van der Waals surface area contributed by atoms with Crippen LogP contribution in [0, 0.1) is 0 Å². The van der Waals surface area contributed by atoms with Gasteiger partial charge in [0.15, 0.2) is 5.16 Å². The molecule has 2 rings (SSSR count). The molecule has 1 heterocycles. The van der Waals surface area contributed by atoms with Crippen LogP contribution in [0.4, 0.5) is 0 Å². The lowest BCUT2D eigenvalue weighted by Crippen LogP contribution is -2.03. The van der Waals surface area contributed by atoms with Gasteiger partial charge in [0.05, 0.1) is 0 Å². The zero-order chi connectivity index (χ0) is 11.4. The highest BCUT2D eigenvalue weighted by Gasteiger charge is 2.04. The molecule has 1 aromatic carbocycles. The maximum absolute atomic E-state index is 5.53. The molecule has 0 unspecified atom stereocenters. The van der Waals surface area contributed by atoms with E-state index in [0.717, 1.165) is 20.9 Å². The van der Waals surface area contributed by atoms with E-state index in [0.29, 0.717) is 6.54 Å². The predicted molar refractivity (Wildman–Crippen MR) is 67.4 cm³/mol. The summed E-state index contributed by atoms with van der Waals surface area (Å²) in [5.74, 6) is 0. The van der Waals surface area contributed by atoms with Crippen molar-refractivity contribution in [2.24, 2.45) is 5.73 Å². The van der Waals surface area contributed by atoms with E-state index in [9.17, 15) is 0 Å². The molecule has 0 saturated heterocycles. The summed E-state index contributed by atoms with van der Waals surface area (Å²) in [5.41, 5.74) is 6.75. The summed E-state index contributed by atoms with van der Waals surface area (Å²) in [6, 6.07) is 6.21. The van der Waals surface area contributed by atoms with Gasteiger partial charge >= 0.3 is 0 Å². The van der Waals surface area contributed by atoms with Crippen molar-refractivity contribution in [1.29, 1.82) is 0 Å². The number of hydrogen-bond donors (Lipinski definition) is 2. The molecule has 0 fully saturated rings. The number of nitrogens with one attached hydrogen (secondary N) is 1. The first-order valence-corrected chi connectivity index (χ1v) is 6.42.